The number of nitrogens with one attached hydrogen (secondary N) is 2. The topological polar surface area (TPSA) is 75.3 Å². The highest BCUT2D eigenvalue weighted by Crippen LogP contribution is 2.39. The molecule has 0 aliphatic heterocycles. The first-order valence-corrected chi connectivity index (χ1v) is 9.95. The molecule has 2 aromatic rings. The second kappa shape index (κ2) is 6.81. The predicted molar refractivity (Wildman–Crippen MR) is 98.1 cm³/mol. The van der Waals surface area contributed by atoms with Crippen molar-refractivity contribution in [2.75, 3.05) is 5.32 Å². The van der Waals surface area contributed by atoms with E-state index >= 15 is 0 Å². The van der Waals surface area contributed by atoms with Crippen molar-refractivity contribution in [3.05, 3.63) is 59.4 Å². The first-order chi connectivity index (χ1) is 12.2. The van der Waals surface area contributed by atoms with Crippen molar-refractivity contribution in [2.45, 2.75) is 43.5 Å². The van der Waals surface area contributed by atoms with Crippen LogP contribution in [0.3, 0.4) is 0 Å². The van der Waals surface area contributed by atoms with Crippen LogP contribution in [-0.4, -0.2) is 19.9 Å². The number of sulfonamides is 1. The number of hydrogen-bond acceptors (Lipinski definition) is 3. The van der Waals surface area contributed by atoms with E-state index in [0.29, 0.717) is 11.3 Å². The third-order valence-corrected chi connectivity index (χ3v) is 6.28. The molecule has 26 heavy (non-hydrogen) atoms. The lowest BCUT2D eigenvalue weighted by molar-refractivity contribution is 0.102. The Morgan fingerprint density at radius 2 is 1.92 bits per heavy atom. The van der Waals surface area contributed by atoms with Crippen molar-refractivity contribution in [1.29, 1.82) is 0 Å². The molecule has 0 spiro atoms. The van der Waals surface area contributed by atoms with Crippen molar-refractivity contribution >= 4 is 21.6 Å². The van der Waals surface area contributed by atoms with Crippen LogP contribution in [-0.2, 0) is 10.0 Å². The Bertz CT molecular complexity index is 953. The zero-order valence-electron chi connectivity index (χ0n) is 14.7. The molecule has 3 rings (SSSR count). The van der Waals surface area contributed by atoms with E-state index in [2.05, 4.69) is 10.0 Å². The molecule has 1 saturated carbocycles. The maximum Gasteiger partial charge on any atom is 0.255 e. The molecule has 5 nitrogen and oxygen atoms in total. The van der Waals surface area contributed by atoms with Crippen LogP contribution in [0.25, 0.3) is 0 Å². The number of amides is 1. The number of halogens is 1. The molecule has 0 atom stereocenters. The van der Waals surface area contributed by atoms with Gasteiger partial charge in [0.2, 0.25) is 10.0 Å². The van der Waals surface area contributed by atoms with Gasteiger partial charge in [0.05, 0.1) is 4.90 Å². The van der Waals surface area contributed by atoms with Gasteiger partial charge in [-0.15, -0.1) is 0 Å². The SMILES string of the molecule is CCC1(NS(=O)(=O)c2cccc(C(=O)Nc3ccc(F)c(C)c3)c2)CC1. The lowest BCUT2D eigenvalue weighted by atomic mass is 10.2. The van der Waals surface area contributed by atoms with Gasteiger partial charge in [-0.2, -0.15) is 0 Å². The van der Waals surface area contributed by atoms with Crippen molar-refractivity contribution < 1.29 is 17.6 Å². The van der Waals surface area contributed by atoms with Crippen molar-refractivity contribution in [1.82, 2.24) is 4.72 Å². The third kappa shape index (κ3) is 3.94. The lowest BCUT2D eigenvalue weighted by Gasteiger charge is -2.15. The van der Waals surface area contributed by atoms with Crippen molar-refractivity contribution in [3.8, 4) is 0 Å². The molecule has 0 radical (unpaired) electrons. The van der Waals surface area contributed by atoms with Gasteiger partial charge in [0.15, 0.2) is 0 Å². The van der Waals surface area contributed by atoms with Crippen LogP contribution in [0.4, 0.5) is 10.1 Å². The van der Waals surface area contributed by atoms with Crippen LogP contribution >= 0.6 is 0 Å². The fraction of sp³-hybridized carbons (Fsp3) is 0.316. The number of carbonyl (C=O) groups is 1. The Morgan fingerprint density at radius 1 is 1.19 bits per heavy atom. The van der Waals surface area contributed by atoms with Crippen LogP contribution in [0, 0.1) is 12.7 Å². The van der Waals surface area contributed by atoms with E-state index < -0.39 is 15.9 Å². The summed E-state index contributed by atoms with van der Waals surface area (Å²) in [6.45, 7) is 3.55. The quantitative estimate of drug-likeness (QED) is 0.809. The molecule has 1 aliphatic carbocycles. The Balaban J connectivity index is 1.80. The molecule has 1 fully saturated rings. The summed E-state index contributed by atoms with van der Waals surface area (Å²) < 4.78 is 41.2. The van der Waals surface area contributed by atoms with E-state index in [4.69, 9.17) is 0 Å². The molecule has 1 aliphatic rings. The molecule has 0 aromatic heterocycles. The van der Waals surface area contributed by atoms with Crippen LogP contribution in [0.2, 0.25) is 0 Å². The Labute approximate surface area is 152 Å². The van der Waals surface area contributed by atoms with E-state index in [1.165, 1.54) is 42.5 Å². The monoisotopic (exact) mass is 376 g/mol. The molecular weight excluding hydrogens is 355 g/mol. The van der Waals surface area contributed by atoms with Gasteiger partial charge < -0.3 is 5.32 Å². The summed E-state index contributed by atoms with van der Waals surface area (Å²) in [5.74, 6) is -0.809. The normalized spacial score (nSPS) is 15.5. The third-order valence-electron chi connectivity index (χ3n) is 4.70. The summed E-state index contributed by atoms with van der Waals surface area (Å²) >= 11 is 0. The fourth-order valence-corrected chi connectivity index (χ4v) is 4.33. The number of rotatable bonds is 6. The molecule has 0 bridgehead atoms. The highest BCUT2D eigenvalue weighted by molar-refractivity contribution is 7.89. The minimum atomic E-state index is -3.69. The average molecular weight is 376 g/mol. The zero-order chi connectivity index (χ0) is 18.9. The number of anilines is 1. The Morgan fingerprint density at radius 3 is 2.54 bits per heavy atom. The summed E-state index contributed by atoms with van der Waals surface area (Å²) in [4.78, 5) is 12.5. The number of hydrogen-bond donors (Lipinski definition) is 2. The molecule has 2 N–H and O–H groups in total. The zero-order valence-corrected chi connectivity index (χ0v) is 15.5. The Hall–Kier alpha value is -2.25. The predicted octanol–water partition coefficient (Wildman–Crippen LogP) is 3.61. The number of aryl methyl sites for hydroxylation is 1. The molecular formula is C19H21FN2O3S. The van der Waals surface area contributed by atoms with Gasteiger partial charge in [-0.3, -0.25) is 4.79 Å². The standard InChI is InChI=1S/C19H21FN2O3S/c1-3-19(9-10-19)22-26(24,25)16-6-4-5-14(12-16)18(23)21-15-7-8-17(20)13(2)11-15/h4-8,11-12,22H,3,9-10H2,1-2H3,(H,21,23). The smallest absolute Gasteiger partial charge is 0.255 e. The van der Waals surface area contributed by atoms with Gasteiger partial charge in [-0.1, -0.05) is 13.0 Å². The highest BCUT2D eigenvalue weighted by Gasteiger charge is 2.44. The molecule has 7 heteroatoms. The minimum Gasteiger partial charge on any atom is -0.322 e. The van der Waals surface area contributed by atoms with E-state index in [1.807, 2.05) is 6.92 Å². The van der Waals surface area contributed by atoms with Crippen LogP contribution in [0.1, 0.15) is 42.1 Å². The van der Waals surface area contributed by atoms with Gasteiger partial charge in [-0.05, 0) is 68.1 Å². The van der Waals surface area contributed by atoms with E-state index in [1.54, 1.807) is 6.92 Å². The molecule has 0 saturated heterocycles. The first-order valence-electron chi connectivity index (χ1n) is 8.46. The van der Waals surface area contributed by atoms with Gasteiger partial charge in [0.1, 0.15) is 5.82 Å². The fourth-order valence-electron chi connectivity index (χ4n) is 2.75. The molecule has 138 valence electrons. The Kier molecular flexibility index (Phi) is 4.86. The minimum absolute atomic E-state index is 0.0557. The highest BCUT2D eigenvalue weighted by atomic mass is 32.2. The second-order valence-corrected chi connectivity index (χ2v) is 8.37. The number of benzene rings is 2. The summed E-state index contributed by atoms with van der Waals surface area (Å²) in [7, 11) is -3.69. The van der Waals surface area contributed by atoms with Gasteiger partial charge in [0.25, 0.3) is 5.91 Å². The molecule has 1 amide bonds. The van der Waals surface area contributed by atoms with Gasteiger partial charge in [-0.25, -0.2) is 17.5 Å². The largest absolute Gasteiger partial charge is 0.322 e. The summed E-state index contributed by atoms with van der Waals surface area (Å²) in [5, 5.41) is 2.66. The number of carbonyl (C=O) groups excluding carboxylic acids is 1. The van der Waals surface area contributed by atoms with E-state index in [9.17, 15) is 17.6 Å². The summed E-state index contributed by atoms with van der Waals surface area (Å²) in [6, 6.07) is 10.1. The van der Waals surface area contributed by atoms with E-state index in [-0.39, 0.29) is 21.8 Å². The molecule has 2 aromatic carbocycles. The van der Waals surface area contributed by atoms with Gasteiger partial charge >= 0.3 is 0 Å². The summed E-state index contributed by atoms with van der Waals surface area (Å²) in [5.41, 5.74) is 0.736. The first kappa shape index (κ1) is 18.5. The molecule has 0 heterocycles. The maximum absolute atomic E-state index is 13.3. The molecule has 0 unspecified atom stereocenters. The van der Waals surface area contributed by atoms with Crippen LogP contribution < -0.4 is 10.0 Å². The lowest BCUT2D eigenvalue weighted by Crippen LogP contribution is -2.36. The van der Waals surface area contributed by atoms with Gasteiger partial charge in [0, 0.05) is 16.8 Å². The maximum atomic E-state index is 13.3. The van der Waals surface area contributed by atoms with E-state index in [0.717, 1.165) is 19.3 Å². The van der Waals surface area contributed by atoms with Crippen molar-refractivity contribution in [3.63, 3.8) is 0 Å². The van der Waals surface area contributed by atoms with Crippen LogP contribution in [0.5, 0.6) is 0 Å². The van der Waals surface area contributed by atoms with Crippen LogP contribution in [0.15, 0.2) is 47.4 Å². The second-order valence-electron chi connectivity index (χ2n) is 6.69. The average Bonchev–Trinajstić information content (AvgIpc) is 3.37. The van der Waals surface area contributed by atoms with Crippen molar-refractivity contribution in [2.24, 2.45) is 0 Å². The summed E-state index contributed by atoms with van der Waals surface area (Å²) in [6.07, 6.45) is 2.38.